The van der Waals surface area contributed by atoms with Gasteiger partial charge in [0.15, 0.2) is 0 Å². The highest BCUT2D eigenvalue weighted by Crippen LogP contribution is 2.35. The Hall–Kier alpha value is -1.91. The Morgan fingerprint density at radius 1 is 1.33 bits per heavy atom. The van der Waals surface area contributed by atoms with Gasteiger partial charge in [-0.1, -0.05) is 0 Å². The lowest BCUT2D eigenvalue weighted by Crippen LogP contribution is -2.49. The second-order valence-electron chi connectivity index (χ2n) is 6.33. The Balaban J connectivity index is 1.56. The fourth-order valence-corrected chi connectivity index (χ4v) is 3.41. The van der Waals surface area contributed by atoms with E-state index in [9.17, 15) is 9.59 Å². The number of amides is 2. The first-order valence-electron chi connectivity index (χ1n) is 7.60. The minimum Gasteiger partial charge on any atom is -0.351 e. The first-order valence-corrected chi connectivity index (χ1v) is 7.60. The van der Waals surface area contributed by atoms with E-state index in [4.69, 9.17) is 0 Å². The number of pyridine rings is 1. The average molecular weight is 287 g/mol. The molecule has 1 aromatic heterocycles. The van der Waals surface area contributed by atoms with E-state index in [2.05, 4.69) is 15.6 Å². The van der Waals surface area contributed by atoms with Gasteiger partial charge in [-0.15, -0.1) is 0 Å². The molecule has 2 N–H and O–H groups in total. The highest BCUT2D eigenvalue weighted by atomic mass is 16.2. The van der Waals surface area contributed by atoms with Crippen molar-refractivity contribution in [3.63, 3.8) is 0 Å². The number of hydrogen-bond donors (Lipinski definition) is 2. The molecule has 1 saturated carbocycles. The molecule has 0 aromatic carbocycles. The number of nitrogens with one attached hydrogen (secondary N) is 2. The summed E-state index contributed by atoms with van der Waals surface area (Å²) in [6.07, 6.45) is 8.68. The van der Waals surface area contributed by atoms with Crippen molar-refractivity contribution in [3.05, 3.63) is 29.6 Å². The van der Waals surface area contributed by atoms with Crippen molar-refractivity contribution in [2.45, 2.75) is 57.0 Å². The first kappa shape index (κ1) is 14.0. The molecule has 2 amide bonds. The first-order chi connectivity index (χ1) is 10.1. The van der Waals surface area contributed by atoms with Gasteiger partial charge in [0.1, 0.15) is 0 Å². The van der Waals surface area contributed by atoms with Crippen LogP contribution in [0.4, 0.5) is 0 Å². The second-order valence-corrected chi connectivity index (χ2v) is 6.33. The molecule has 112 valence electrons. The van der Waals surface area contributed by atoms with Gasteiger partial charge in [-0.25, -0.2) is 0 Å². The number of aryl methyl sites for hydroxylation is 1. The Kier molecular flexibility index (Phi) is 3.66. The molecule has 3 rings (SSSR count). The molecule has 1 aliphatic heterocycles. The quantitative estimate of drug-likeness (QED) is 0.870. The summed E-state index contributed by atoms with van der Waals surface area (Å²) in [6, 6.07) is 2.05. The molecule has 0 bridgehead atoms. The van der Waals surface area contributed by atoms with Crippen LogP contribution in [0.3, 0.4) is 0 Å². The second kappa shape index (κ2) is 5.47. The summed E-state index contributed by atoms with van der Waals surface area (Å²) in [7, 11) is 0. The molecule has 21 heavy (non-hydrogen) atoms. The van der Waals surface area contributed by atoms with Crippen LogP contribution in [-0.2, 0) is 4.79 Å². The van der Waals surface area contributed by atoms with Gasteiger partial charge in [0.05, 0.1) is 5.56 Å². The predicted molar refractivity (Wildman–Crippen MR) is 78.8 cm³/mol. The van der Waals surface area contributed by atoms with Gasteiger partial charge in [0.2, 0.25) is 5.91 Å². The van der Waals surface area contributed by atoms with E-state index >= 15 is 0 Å². The van der Waals surface area contributed by atoms with Crippen LogP contribution in [0, 0.1) is 6.92 Å². The van der Waals surface area contributed by atoms with Gasteiger partial charge in [0, 0.05) is 30.4 Å². The molecule has 2 aliphatic rings. The molecule has 1 spiro atoms. The lowest BCUT2D eigenvalue weighted by molar-refractivity contribution is -0.120. The minimum atomic E-state index is -0.0531. The monoisotopic (exact) mass is 287 g/mol. The normalized spacial score (nSPS) is 28.4. The van der Waals surface area contributed by atoms with E-state index in [-0.39, 0.29) is 23.4 Å². The van der Waals surface area contributed by atoms with Crippen LogP contribution >= 0.6 is 0 Å². The minimum absolute atomic E-state index is 0.00318. The predicted octanol–water partition coefficient (Wildman–Crippen LogP) is 1.71. The third kappa shape index (κ3) is 3.06. The number of carbonyl (C=O) groups is 2. The van der Waals surface area contributed by atoms with Gasteiger partial charge in [0.25, 0.3) is 5.91 Å². The summed E-state index contributed by atoms with van der Waals surface area (Å²) < 4.78 is 0. The molecule has 2 heterocycles. The van der Waals surface area contributed by atoms with Gasteiger partial charge < -0.3 is 10.6 Å². The van der Waals surface area contributed by atoms with Crippen LogP contribution in [-0.4, -0.2) is 28.4 Å². The maximum atomic E-state index is 12.2. The third-order valence-corrected chi connectivity index (χ3v) is 4.65. The maximum Gasteiger partial charge on any atom is 0.253 e. The van der Waals surface area contributed by atoms with E-state index in [1.165, 1.54) is 0 Å². The topological polar surface area (TPSA) is 71.1 Å². The molecule has 0 radical (unpaired) electrons. The van der Waals surface area contributed by atoms with E-state index in [1.807, 2.05) is 13.0 Å². The van der Waals surface area contributed by atoms with Crippen molar-refractivity contribution in [2.24, 2.45) is 0 Å². The fourth-order valence-electron chi connectivity index (χ4n) is 3.41. The number of nitrogens with zero attached hydrogens (tertiary/aromatic N) is 1. The third-order valence-electron chi connectivity index (χ3n) is 4.65. The zero-order valence-electron chi connectivity index (χ0n) is 12.3. The van der Waals surface area contributed by atoms with E-state index in [0.29, 0.717) is 12.0 Å². The SMILES string of the molecule is Cc1cncc(C(=O)NC2CCC3(CCC(=O)N3)CC2)c1. The Morgan fingerprint density at radius 3 is 2.71 bits per heavy atom. The van der Waals surface area contributed by atoms with Crippen molar-refractivity contribution in [1.82, 2.24) is 15.6 Å². The maximum absolute atomic E-state index is 12.2. The largest absolute Gasteiger partial charge is 0.351 e. The molecule has 2 fully saturated rings. The smallest absolute Gasteiger partial charge is 0.253 e. The van der Waals surface area contributed by atoms with E-state index in [1.54, 1.807) is 12.4 Å². The highest BCUT2D eigenvalue weighted by Gasteiger charge is 2.40. The Labute approximate surface area is 124 Å². The summed E-state index contributed by atoms with van der Waals surface area (Å²) >= 11 is 0. The van der Waals surface area contributed by atoms with Crippen LogP contribution in [0.1, 0.15) is 54.4 Å². The Morgan fingerprint density at radius 2 is 2.10 bits per heavy atom. The fraction of sp³-hybridized carbons (Fsp3) is 0.562. The Bertz CT molecular complexity index is 562. The highest BCUT2D eigenvalue weighted by molar-refractivity contribution is 5.94. The molecule has 1 saturated heterocycles. The van der Waals surface area contributed by atoms with Crippen LogP contribution in [0.15, 0.2) is 18.5 Å². The van der Waals surface area contributed by atoms with Crippen molar-refractivity contribution >= 4 is 11.8 Å². The van der Waals surface area contributed by atoms with Crippen LogP contribution < -0.4 is 10.6 Å². The van der Waals surface area contributed by atoms with E-state index < -0.39 is 0 Å². The number of carbonyl (C=O) groups excluding carboxylic acids is 2. The zero-order valence-corrected chi connectivity index (χ0v) is 12.3. The number of aromatic nitrogens is 1. The molecule has 1 aliphatic carbocycles. The van der Waals surface area contributed by atoms with Gasteiger partial charge >= 0.3 is 0 Å². The van der Waals surface area contributed by atoms with Crippen molar-refractivity contribution < 1.29 is 9.59 Å². The summed E-state index contributed by atoms with van der Waals surface area (Å²) in [5.41, 5.74) is 1.60. The molecule has 0 unspecified atom stereocenters. The van der Waals surface area contributed by atoms with Crippen molar-refractivity contribution in [3.8, 4) is 0 Å². The molecule has 0 atom stereocenters. The average Bonchev–Trinajstić information content (AvgIpc) is 2.83. The molecular formula is C16H21N3O2. The lowest BCUT2D eigenvalue weighted by atomic mass is 9.78. The number of rotatable bonds is 2. The van der Waals surface area contributed by atoms with Gasteiger partial charge in [-0.3, -0.25) is 14.6 Å². The molecule has 5 nitrogen and oxygen atoms in total. The van der Waals surface area contributed by atoms with Gasteiger partial charge in [-0.05, 0) is 50.7 Å². The standard InChI is InChI=1S/C16H21N3O2/c1-11-8-12(10-17-9-11)15(21)18-13-2-5-16(6-3-13)7-4-14(20)19-16/h8-10,13H,2-7H2,1H3,(H,18,21)(H,19,20). The zero-order chi connectivity index (χ0) is 14.9. The van der Waals surface area contributed by atoms with Crippen LogP contribution in [0.25, 0.3) is 0 Å². The summed E-state index contributed by atoms with van der Waals surface area (Å²) in [5.74, 6) is 0.117. The summed E-state index contributed by atoms with van der Waals surface area (Å²) in [4.78, 5) is 27.7. The molecule has 1 aromatic rings. The van der Waals surface area contributed by atoms with Crippen molar-refractivity contribution in [2.75, 3.05) is 0 Å². The lowest BCUT2D eigenvalue weighted by Gasteiger charge is -2.37. The van der Waals surface area contributed by atoms with E-state index in [0.717, 1.165) is 37.7 Å². The van der Waals surface area contributed by atoms with Crippen LogP contribution in [0.5, 0.6) is 0 Å². The summed E-state index contributed by atoms with van der Waals surface area (Å²) in [6.45, 7) is 1.93. The van der Waals surface area contributed by atoms with Crippen molar-refractivity contribution in [1.29, 1.82) is 0 Å². The molecular weight excluding hydrogens is 266 g/mol. The van der Waals surface area contributed by atoms with Gasteiger partial charge in [-0.2, -0.15) is 0 Å². The summed E-state index contributed by atoms with van der Waals surface area (Å²) in [5, 5.41) is 6.21. The molecule has 5 heteroatoms. The van der Waals surface area contributed by atoms with Crippen LogP contribution in [0.2, 0.25) is 0 Å². The number of hydrogen-bond acceptors (Lipinski definition) is 3.